The van der Waals surface area contributed by atoms with Crippen molar-refractivity contribution >= 4 is 50.9 Å². The quantitative estimate of drug-likeness (QED) is 0.244. The highest BCUT2D eigenvalue weighted by molar-refractivity contribution is 7.99. The summed E-state index contributed by atoms with van der Waals surface area (Å²) in [7, 11) is 0. The Morgan fingerprint density at radius 3 is 2.48 bits per heavy atom. The van der Waals surface area contributed by atoms with Crippen molar-refractivity contribution in [2.45, 2.75) is 17.1 Å². The third kappa shape index (κ3) is 2.82. The highest BCUT2D eigenvalue weighted by Crippen LogP contribution is 2.34. The van der Waals surface area contributed by atoms with Crippen LogP contribution in [0, 0.1) is 6.92 Å². The number of fused-ring (bicyclic) bond motifs is 1. The fourth-order valence-electron chi connectivity index (χ4n) is 1.75. The van der Waals surface area contributed by atoms with Crippen LogP contribution in [0.5, 0.6) is 0 Å². The van der Waals surface area contributed by atoms with Gasteiger partial charge in [-0.1, -0.05) is 0 Å². The number of thiophene rings is 1. The molecule has 0 fully saturated rings. The highest BCUT2D eigenvalue weighted by Gasteiger charge is 2.13. The number of hydrazine groups is 1. The van der Waals surface area contributed by atoms with E-state index < -0.39 is 0 Å². The summed E-state index contributed by atoms with van der Waals surface area (Å²) >= 11 is 2.83. The van der Waals surface area contributed by atoms with Gasteiger partial charge in [-0.15, -0.1) is 11.3 Å². The number of aromatic nitrogens is 4. The van der Waals surface area contributed by atoms with E-state index in [1.807, 2.05) is 13.0 Å². The van der Waals surface area contributed by atoms with Crippen molar-refractivity contribution in [1.82, 2.24) is 19.9 Å². The van der Waals surface area contributed by atoms with Crippen molar-refractivity contribution in [2.75, 3.05) is 16.9 Å². The van der Waals surface area contributed by atoms with Crippen molar-refractivity contribution in [3.8, 4) is 0 Å². The molecule has 3 aromatic heterocycles. The molecule has 0 spiro atoms. The summed E-state index contributed by atoms with van der Waals surface area (Å²) in [6.07, 6.45) is 0. The monoisotopic (exact) mass is 320 g/mol. The van der Waals surface area contributed by atoms with Crippen LogP contribution in [0.3, 0.4) is 0 Å². The van der Waals surface area contributed by atoms with E-state index in [2.05, 4.69) is 25.4 Å². The summed E-state index contributed by atoms with van der Waals surface area (Å²) in [5.74, 6) is 6.37. The number of hydrogen-bond donors (Lipinski definition) is 4. The largest absolute Gasteiger partial charge is 0.383 e. The lowest BCUT2D eigenvalue weighted by Crippen LogP contribution is -2.10. The number of anilines is 3. The molecular weight excluding hydrogens is 308 g/mol. The van der Waals surface area contributed by atoms with Gasteiger partial charge in [0.15, 0.2) is 5.16 Å². The van der Waals surface area contributed by atoms with E-state index in [4.69, 9.17) is 17.3 Å². The predicted octanol–water partition coefficient (Wildman–Crippen LogP) is 1.39. The molecule has 108 valence electrons. The maximum atomic E-state index is 5.68. The van der Waals surface area contributed by atoms with Gasteiger partial charge >= 0.3 is 0 Å². The number of nitrogens with zero attached hydrogens (tertiary/aromatic N) is 4. The van der Waals surface area contributed by atoms with Gasteiger partial charge in [0.2, 0.25) is 5.95 Å². The Balaban J connectivity index is 2.10. The molecule has 0 aliphatic carbocycles. The summed E-state index contributed by atoms with van der Waals surface area (Å²) in [6.45, 7) is 2.01. The molecule has 0 aliphatic heterocycles. The number of hydrogen-bond acceptors (Lipinski definition) is 10. The van der Waals surface area contributed by atoms with Gasteiger partial charge < -0.3 is 11.5 Å². The lowest BCUT2D eigenvalue weighted by atomic mass is 10.4. The van der Waals surface area contributed by atoms with E-state index in [1.165, 1.54) is 17.8 Å². The molecule has 0 bridgehead atoms. The van der Waals surface area contributed by atoms with Gasteiger partial charge in [-0.25, -0.2) is 25.8 Å². The fourth-order valence-corrected chi connectivity index (χ4v) is 3.57. The van der Waals surface area contributed by atoms with Crippen molar-refractivity contribution in [2.24, 2.45) is 5.84 Å². The minimum Gasteiger partial charge on any atom is -0.383 e. The standard InChI is InChI=1S/C11H12N8S2/c1-4-2-5-8(20-4)17-10(19-14)18-9(5)21-11-15-6(12)3-7(13)16-11/h2-3H,14H2,1H3,(H,17,18,19)(H4,12,13,15,16). The molecule has 10 heteroatoms. The predicted molar refractivity (Wildman–Crippen MR) is 84.9 cm³/mol. The molecule has 0 saturated carbocycles. The molecule has 0 aliphatic rings. The zero-order chi connectivity index (χ0) is 15.0. The van der Waals surface area contributed by atoms with E-state index >= 15 is 0 Å². The molecule has 3 aromatic rings. The number of rotatable bonds is 3. The minimum atomic E-state index is 0.314. The van der Waals surface area contributed by atoms with Crippen molar-refractivity contribution in [1.29, 1.82) is 0 Å². The van der Waals surface area contributed by atoms with Gasteiger partial charge in [-0.3, -0.25) is 5.43 Å². The van der Waals surface area contributed by atoms with Crippen LogP contribution in [-0.4, -0.2) is 19.9 Å². The summed E-state index contributed by atoms with van der Waals surface area (Å²) in [5.41, 5.74) is 13.8. The molecule has 21 heavy (non-hydrogen) atoms. The molecule has 7 N–H and O–H groups in total. The van der Waals surface area contributed by atoms with E-state index in [0.29, 0.717) is 27.8 Å². The molecular formula is C11H12N8S2. The van der Waals surface area contributed by atoms with Crippen molar-refractivity contribution < 1.29 is 0 Å². The van der Waals surface area contributed by atoms with E-state index in [9.17, 15) is 0 Å². The second-order valence-corrected chi connectivity index (χ2v) is 6.37. The van der Waals surface area contributed by atoms with Gasteiger partial charge in [0, 0.05) is 16.3 Å². The van der Waals surface area contributed by atoms with Crippen LogP contribution in [0.1, 0.15) is 4.88 Å². The smallest absolute Gasteiger partial charge is 0.239 e. The lowest BCUT2D eigenvalue weighted by Gasteiger charge is -2.05. The lowest BCUT2D eigenvalue weighted by molar-refractivity contribution is 0.977. The first-order chi connectivity index (χ1) is 10.0. The van der Waals surface area contributed by atoms with Crippen LogP contribution < -0.4 is 22.7 Å². The van der Waals surface area contributed by atoms with Crippen LogP contribution in [0.25, 0.3) is 10.2 Å². The summed E-state index contributed by atoms with van der Waals surface area (Å²) in [5, 5.41) is 2.05. The molecule has 0 radical (unpaired) electrons. The average Bonchev–Trinajstić information content (AvgIpc) is 2.78. The molecule has 0 aromatic carbocycles. The summed E-state index contributed by atoms with van der Waals surface area (Å²) in [4.78, 5) is 18.9. The normalized spacial score (nSPS) is 11.0. The molecule has 0 unspecified atom stereocenters. The Kier molecular flexibility index (Phi) is 3.49. The second kappa shape index (κ2) is 5.31. The minimum absolute atomic E-state index is 0.314. The number of nitrogen functional groups attached to an aromatic ring is 3. The van der Waals surface area contributed by atoms with E-state index in [-0.39, 0.29) is 0 Å². The number of aryl methyl sites for hydroxylation is 1. The molecule has 3 rings (SSSR count). The van der Waals surface area contributed by atoms with Crippen LogP contribution in [-0.2, 0) is 0 Å². The molecule has 0 saturated heterocycles. The van der Waals surface area contributed by atoms with E-state index in [0.717, 1.165) is 15.1 Å². The topological polar surface area (TPSA) is 142 Å². The Morgan fingerprint density at radius 1 is 1.10 bits per heavy atom. The Hall–Kier alpha value is -2.17. The van der Waals surface area contributed by atoms with Gasteiger partial charge in [0.05, 0.1) is 0 Å². The van der Waals surface area contributed by atoms with Gasteiger partial charge in [-0.2, -0.15) is 0 Å². The van der Waals surface area contributed by atoms with E-state index in [1.54, 1.807) is 11.3 Å². The van der Waals surface area contributed by atoms with Crippen molar-refractivity contribution in [3.63, 3.8) is 0 Å². The first-order valence-electron chi connectivity index (χ1n) is 5.88. The third-order valence-corrected chi connectivity index (χ3v) is 4.36. The summed E-state index contributed by atoms with van der Waals surface area (Å²) in [6, 6.07) is 3.51. The zero-order valence-electron chi connectivity index (χ0n) is 11.0. The number of nitrogens with one attached hydrogen (secondary N) is 1. The zero-order valence-corrected chi connectivity index (χ0v) is 12.6. The molecule has 0 amide bonds. The Morgan fingerprint density at radius 2 is 1.81 bits per heavy atom. The van der Waals surface area contributed by atoms with Crippen molar-refractivity contribution in [3.05, 3.63) is 17.0 Å². The van der Waals surface area contributed by atoms with Crippen LogP contribution in [0.4, 0.5) is 17.6 Å². The molecule has 3 heterocycles. The van der Waals surface area contributed by atoms with Gasteiger partial charge in [0.25, 0.3) is 0 Å². The Labute approximate surface area is 128 Å². The van der Waals surface area contributed by atoms with Gasteiger partial charge in [0.1, 0.15) is 21.5 Å². The highest BCUT2D eigenvalue weighted by atomic mass is 32.2. The first-order valence-corrected chi connectivity index (χ1v) is 7.51. The average molecular weight is 320 g/mol. The van der Waals surface area contributed by atoms with Crippen LogP contribution in [0.15, 0.2) is 22.3 Å². The second-order valence-electron chi connectivity index (χ2n) is 4.17. The number of nitrogens with two attached hydrogens (primary N) is 3. The first kappa shape index (κ1) is 13.8. The Bertz CT molecular complexity index is 795. The summed E-state index contributed by atoms with van der Waals surface area (Å²) < 4.78 is 0. The maximum absolute atomic E-state index is 5.68. The fraction of sp³-hybridized carbons (Fsp3) is 0.0909. The SMILES string of the molecule is Cc1cc2c(Sc3nc(N)cc(N)n3)nc(NN)nc2s1. The van der Waals surface area contributed by atoms with Crippen LogP contribution in [0.2, 0.25) is 0 Å². The third-order valence-electron chi connectivity index (χ3n) is 2.54. The maximum Gasteiger partial charge on any atom is 0.239 e. The van der Waals surface area contributed by atoms with Crippen LogP contribution >= 0.6 is 23.1 Å². The molecule has 0 atom stereocenters. The van der Waals surface area contributed by atoms with Gasteiger partial charge in [-0.05, 0) is 24.8 Å². The molecule has 8 nitrogen and oxygen atoms in total.